The predicted octanol–water partition coefficient (Wildman–Crippen LogP) is 3.93. The van der Waals surface area contributed by atoms with Crippen LogP contribution < -0.4 is 0 Å². The van der Waals surface area contributed by atoms with Crippen molar-refractivity contribution in [3.63, 3.8) is 0 Å². The molecule has 0 radical (unpaired) electrons. The molecule has 2 unspecified atom stereocenters. The molecule has 1 aromatic rings. The van der Waals surface area contributed by atoms with E-state index in [0.717, 1.165) is 6.42 Å². The van der Waals surface area contributed by atoms with Crippen LogP contribution >= 0.6 is 0 Å². The highest BCUT2D eigenvalue weighted by Gasteiger charge is 2.26. The third-order valence-corrected chi connectivity index (χ3v) is 3.97. The third kappa shape index (κ3) is 11.3. The largest absolute Gasteiger partial charge is 0.478 e. The summed E-state index contributed by atoms with van der Waals surface area (Å²) in [6.07, 6.45) is 1.58. The summed E-state index contributed by atoms with van der Waals surface area (Å²) in [6.45, 7) is 12.1. The number of carbonyl (C=O) groups excluding carboxylic acids is 2. The van der Waals surface area contributed by atoms with Crippen molar-refractivity contribution >= 4 is 18.4 Å². The Hall–Kier alpha value is -2.41. The van der Waals surface area contributed by atoms with E-state index in [0.29, 0.717) is 25.4 Å². The zero-order valence-corrected chi connectivity index (χ0v) is 17.7. The molecule has 0 amide bonds. The lowest BCUT2D eigenvalue weighted by molar-refractivity contribution is -0.146. The predicted molar refractivity (Wildman–Crippen MR) is 107 cm³/mol. The molecule has 28 heavy (non-hydrogen) atoms. The normalized spacial score (nSPS) is 12.7. The summed E-state index contributed by atoms with van der Waals surface area (Å²) in [7, 11) is 0. The molecule has 0 fully saturated rings. The van der Waals surface area contributed by atoms with Crippen molar-refractivity contribution in [2.75, 3.05) is 13.2 Å². The van der Waals surface area contributed by atoms with E-state index in [1.54, 1.807) is 13.8 Å². The summed E-state index contributed by atoms with van der Waals surface area (Å²) in [6, 6.07) is 5.38. The maximum Gasteiger partial charge on any atom is 0.338 e. The van der Waals surface area contributed by atoms with Crippen LogP contribution in [0.5, 0.6) is 0 Å². The van der Waals surface area contributed by atoms with Crippen LogP contribution in [0, 0.1) is 5.92 Å². The summed E-state index contributed by atoms with van der Waals surface area (Å²) >= 11 is 0. The number of benzene rings is 1. The van der Waals surface area contributed by atoms with E-state index in [4.69, 9.17) is 19.7 Å². The molecule has 0 bridgehead atoms. The average molecular weight is 398 g/mol. The van der Waals surface area contributed by atoms with Gasteiger partial charge in [-0.1, -0.05) is 41.0 Å². The molecule has 7 nitrogen and oxygen atoms in total. The minimum absolute atomic E-state index is 0.0677. The fraction of sp³-hybridized carbons (Fsp3) is 0.571. The Morgan fingerprint density at radius 1 is 1.14 bits per heavy atom. The van der Waals surface area contributed by atoms with E-state index in [1.165, 1.54) is 24.3 Å². The van der Waals surface area contributed by atoms with Crippen LogP contribution in [0.3, 0.4) is 0 Å². The number of ether oxygens (including phenoxy) is 2. The number of carboxylic acids is 1. The highest BCUT2D eigenvalue weighted by molar-refractivity contribution is 5.92. The van der Waals surface area contributed by atoms with E-state index in [1.807, 2.05) is 20.8 Å². The van der Waals surface area contributed by atoms with Crippen LogP contribution in [0.15, 0.2) is 24.3 Å². The van der Waals surface area contributed by atoms with Gasteiger partial charge >= 0.3 is 11.9 Å². The van der Waals surface area contributed by atoms with Gasteiger partial charge in [0.05, 0.1) is 11.1 Å². The molecule has 0 aliphatic heterocycles. The fourth-order valence-corrected chi connectivity index (χ4v) is 1.52. The lowest BCUT2D eigenvalue weighted by atomic mass is 10.1. The molecule has 0 aliphatic carbocycles. The van der Waals surface area contributed by atoms with Gasteiger partial charge in [0.15, 0.2) is 0 Å². The quantitative estimate of drug-likeness (QED) is 0.479. The van der Waals surface area contributed by atoms with E-state index in [-0.39, 0.29) is 17.7 Å². The van der Waals surface area contributed by atoms with Gasteiger partial charge in [0, 0.05) is 6.61 Å². The van der Waals surface area contributed by atoms with Crippen LogP contribution in [-0.2, 0) is 14.3 Å². The van der Waals surface area contributed by atoms with Gasteiger partial charge in [-0.05, 0) is 43.5 Å². The number of aromatic carboxylic acids is 1. The van der Waals surface area contributed by atoms with E-state index in [9.17, 15) is 14.4 Å². The fourth-order valence-electron chi connectivity index (χ4n) is 1.52. The van der Waals surface area contributed by atoms with Crippen LogP contribution in [-0.4, -0.2) is 47.4 Å². The van der Waals surface area contributed by atoms with Crippen molar-refractivity contribution in [3.8, 4) is 0 Å². The SMILES string of the molecule is CC.CCC(C)(COC(=O)c1ccc(C(=O)O)cc1)OC=O.CCC(C)CO. The van der Waals surface area contributed by atoms with Crippen molar-refractivity contribution in [1.82, 2.24) is 0 Å². The van der Waals surface area contributed by atoms with Gasteiger partial charge in [0.2, 0.25) is 0 Å². The summed E-state index contributed by atoms with van der Waals surface area (Å²) in [4.78, 5) is 32.8. The van der Waals surface area contributed by atoms with E-state index in [2.05, 4.69) is 6.92 Å². The first-order valence-corrected chi connectivity index (χ1v) is 9.45. The van der Waals surface area contributed by atoms with Gasteiger partial charge in [0.1, 0.15) is 12.2 Å². The Labute approximate surface area is 167 Å². The van der Waals surface area contributed by atoms with Crippen LogP contribution in [0.4, 0.5) is 0 Å². The van der Waals surface area contributed by atoms with Crippen molar-refractivity contribution < 1.29 is 34.1 Å². The Balaban J connectivity index is 0. The van der Waals surface area contributed by atoms with Crippen LogP contribution in [0.2, 0.25) is 0 Å². The number of rotatable bonds is 9. The number of aliphatic hydroxyl groups excluding tert-OH is 1. The van der Waals surface area contributed by atoms with E-state index < -0.39 is 17.5 Å². The number of aliphatic hydroxyl groups is 1. The van der Waals surface area contributed by atoms with Crippen molar-refractivity contribution in [3.05, 3.63) is 35.4 Å². The molecule has 0 aromatic heterocycles. The minimum atomic E-state index is -1.07. The van der Waals surface area contributed by atoms with Gasteiger partial charge in [0.25, 0.3) is 6.47 Å². The summed E-state index contributed by atoms with van der Waals surface area (Å²) in [5.74, 6) is -1.18. The van der Waals surface area contributed by atoms with Gasteiger partial charge in [-0.2, -0.15) is 0 Å². The molecule has 2 atom stereocenters. The minimum Gasteiger partial charge on any atom is -0.478 e. The van der Waals surface area contributed by atoms with Crippen LogP contribution in [0.25, 0.3) is 0 Å². The first kappa shape index (κ1) is 27.8. The maximum absolute atomic E-state index is 11.8. The van der Waals surface area contributed by atoms with E-state index >= 15 is 0 Å². The van der Waals surface area contributed by atoms with Crippen molar-refractivity contribution in [1.29, 1.82) is 0 Å². The molecule has 1 rings (SSSR count). The molecule has 1 aromatic carbocycles. The second-order valence-corrected chi connectivity index (χ2v) is 6.17. The molecule has 0 aliphatic rings. The van der Waals surface area contributed by atoms with Crippen LogP contribution in [0.1, 0.15) is 75.1 Å². The topological polar surface area (TPSA) is 110 Å². The molecule has 2 N–H and O–H groups in total. The molecule has 0 heterocycles. The summed E-state index contributed by atoms with van der Waals surface area (Å²) < 4.78 is 9.95. The van der Waals surface area contributed by atoms with Crippen molar-refractivity contribution in [2.45, 2.75) is 60.0 Å². The highest BCUT2D eigenvalue weighted by atomic mass is 16.6. The lowest BCUT2D eigenvalue weighted by Gasteiger charge is -2.25. The second kappa shape index (κ2) is 15.6. The lowest BCUT2D eigenvalue weighted by Crippen LogP contribution is -2.34. The number of hydrogen-bond donors (Lipinski definition) is 2. The van der Waals surface area contributed by atoms with Gasteiger partial charge in [-0.15, -0.1) is 0 Å². The summed E-state index contributed by atoms with van der Waals surface area (Å²) in [5, 5.41) is 17.1. The van der Waals surface area contributed by atoms with Gasteiger partial charge in [-0.25, -0.2) is 9.59 Å². The molecular weight excluding hydrogens is 364 g/mol. The average Bonchev–Trinajstić information content (AvgIpc) is 2.73. The molecule has 0 saturated heterocycles. The highest BCUT2D eigenvalue weighted by Crippen LogP contribution is 2.16. The molecule has 0 saturated carbocycles. The number of hydrogen-bond acceptors (Lipinski definition) is 6. The smallest absolute Gasteiger partial charge is 0.338 e. The number of esters is 1. The zero-order valence-electron chi connectivity index (χ0n) is 17.7. The first-order valence-electron chi connectivity index (χ1n) is 9.45. The first-order chi connectivity index (χ1) is 13.2. The van der Waals surface area contributed by atoms with Gasteiger partial charge < -0.3 is 19.7 Å². The second-order valence-electron chi connectivity index (χ2n) is 6.17. The molecule has 0 spiro atoms. The zero-order chi connectivity index (χ0) is 22.2. The number of carboxylic acid groups (broad SMARTS) is 1. The third-order valence-electron chi connectivity index (χ3n) is 3.97. The van der Waals surface area contributed by atoms with Crippen molar-refractivity contribution in [2.24, 2.45) is 5.92 Å². The molecule has 7 heteroatoms. The number of carbonyl (C=O) groups is 3. The Morgan fingerprint density at radius 2 is 1.64 bits per heavy atom. The standard InChI is InChI=1S/C14H16O6.C5H12O.C2H6/c1-3-14(2,20-9-15)8-19-13(18)11-6-4-10(5-7-11)12(16)17;1-3-5(2)4-6;1-2/h4-7,9H,3,8H2,1-2H3,(H,16,17);5-6H,3-4H2,1-2H3;1-2H3. The van der Waals surface area contributed by atoms with Gasteiger partial charge in [-0.3, -0.25) is 4.79 Å². The Bertz CT molecular complexity index is 565. The summed E-state index contributed by atoms with van der Waals surface area (Å²) in [5.41, 5.74) is -0.540. The Morgan fingerprint density at radius 3 is 1.96 bits per heavy atom. The monoisotopic (exact) mass is 398 g/mol. The Kier molecular flexibility index (Phi) is 15.5. The molecule has 160 valence electrons. The molecular formula is C21H34O7. The maximum atomic E-state index is 11.8.